The Morgan fingerprint density at radius 1 is 1.41 bits per heavy atom. The zero-order valence-electron chi connectivity index (χ0n) is 11.0. The summed E-state index contributed by atoms with van der Waals surface area (Å²) in [5.74, 6) is -0.185. The summed E-state index contributed by atoms with van der Waals surface area (Å²) in [7, 11) is 0. The minimum absolute atomic E-state index is 0.0300. The van der Waals surface area contributed by atoms with Crippen molar-refractivity contribution < 1.29 is 9.90 Å². The molecule has 0 aliphatic rings. The summed E-state index contributed by atoms with van der Waals surface area (Å²) in [4.78, 5) is 11.9. The molecule has 3 heteroatoms. The average molecular weight is 235 g/mol. The van der Waals surface area contributed by atoms with Gasteiger partial charge in [0.25, 0.3) is 5.91 Å². The molecule has 0 heterocycles. The van der Waals surface area contributed by atoms with Crippen LogP contribution in [-0.4, -0.2) is 17.6 Å². The molecule has 0 aliphatic carbocycles. The van der Waals surface area contributed by atoms with Gasteiger partial charge in [0.05, 0.1) is 5.56 Å². The van der Waals surface area contributed by atoms with E-state index in [0.717, 1.165) is 12.0 Å². The maximum atomic E-state index is 11.9. The molecule has 0 bridgehead atoms. The first-order valence-electron chi connectivity index (χ1n) is 5.93. The van der Waals surface area contributed by atoms with Gasteiger partial charge in [-0.2, -0.15) is 0 Å². The van der Waals surface area contributed by atoms with Crippen LogP contribution < -0.4 is 5.32 Å². The lowest BCUT2D eigenvalue weighted by Crippen LogP contribution is -2.33. The minimum atomic E-state index is -0.215. The Hall–Kier alpha value is -1.51. The van der Waals surface area contributed by atoms with Crippen molar-refractivity contribution in [3.05, 3.63) is 29.3 Å². The van der Waals surface area contributed by atoms with Crippen LogP contribution in [0.5, 0.6) is 5.75 Å². The lowest BCUT2D eigenvalue weighted by molar-refractivity contribution is 0.0933. The van der Waals surface area contributed by atoms with E-state index in [-0.39, 0.29) is 17.1 Å². The molecule has 17 heavy (non-hydrogen) atoms. The predicted octanol–water partition coefficient (Wildman–Crippen LogP) is 2.87. The maximum Gasteiger partial charge on any atom is 0.255 e. The number of phenolic OH excluding ortho intramolecular Hbond substituents is 1. The molecule has 0 fully saturated rings. The number of nitrogens with one attached hydrogen (secondary N) is 1. The van der Waals surface area contributed by atoms with E-state index < -0.39 is 0 Å². The molecule has 1 aromatic rings. The van der Waals surface area contributed by atoms with Gasteiger partial charge < -0.3 is 10.4 Å². The van der Waals surface area contributed by atoms with Crippen LogP contribution in [0.2, 0.25) is 0 Å². The predicted molar refractivity (Wildman–Crippen MR) is 69.2 cm³/mol. The van der Waals surface area contributed by atoms with Crippen LogP contribution in [0.4, 0.5) is 0 Å². The molecule has 1 aromatic carbocycles. The summed E-state index contributed by atoms with van der Waals surface area (Å²) >= 11 is 0. The van der Waals surface area contributed by atoms with Crippen LogP contribution in [-0.2, 0) is 0 Å². The van der Waals surface area contributed by atoms with Gasteiger partial charge in [-0.25, -0.2) is 0 Å². The van der Waals surface area contributed by atoms with Gasteiger partial charge in [-0.3, -0.25) is 4.79 Å². The van der Waals surface area contributed by atoms with Crippen LogP contribution in [0.15, 0.2) is 18.2 Å². The van der Waals surface area contributed by atoms with Gasteiger partial charge in [-0.05, 0) is 30.9 Å². The highest BCUT2D eigenvalue weighted by Gasteiger charge is 2.18. The summed E-state index contributed by atoms with van der Waals surface area (Å²) < 4.78 is 0. The number of amides is 1. The molecule has 0 aromatic heterocycles. The van der Waals surface area contributed by atoms with E-state index in [0.29, 0.717) is 12.1 Å². The topological polar surface area (TPSA) is 49.3 Å². The quantitative estimate of drug-likeness (QED) is 0.843. The second-order valence-electron chi connectivity index (χ2n) is 5.22. The highest BCUT2D eigenvalue weighted by Crippen LogP contribution is 2.20. The third-order valence-electron chi connectivity index (χ3n) is 3.08. The van der Waals surface area contributed by atoms with Crippen molar-refractivity contribution in [2.24, 2.45) is 5.41 Å². The van der Waals surface area contributed by atoms with Crippen LogP contribution >= 0.6 is 0 Å². The highest BCUT2D eigenvalue weighted by atomic mass is 16.3. The van der Waals surface area contributed by atoms with Crippen molar-refractivity contribution in [2.75, 3.05) is 6.54 Å². The van der Waals surface area contributed by atoms with Gasteiger partial charge in [-0.15, -0.1) is 0 Å². The van der Waals surface area contributed by atoms with E-state index >= 15 is 0 Å². The van der Waals surface area contributed by atoms with E-state index in [4.69, 9.17) is 0 Å². The minimum Gasteiger partial charge on any atom is -0.507 e. The van der Waals surface area contributed by atoms with Crippen LogP contribution in [0.3, 0.4) is 0 Å². The zero-order chi connectivity index (χ0) is 13.1. The van der Waals surface area contributed by atoms with E-state index in [2.05, 4.69) is 26.1 Å². The Balaban J connectivity index is 2.74. The van der Waals surface area contributed by atoms with E-state index in [1.54, 1.807) is 18.2 Å². The SMILES string of the molecule is CCC(C)(C)CNC(=O)c1cc(C)ccc1O. The molecule has 1 rings (SSSR count). The largest absolute Gasteiger partial charge is 0.507 e. The fourth-order valence-corrected chi connectivity index (χ4v) is 1.37. The summed E-state index contributed by atoms with van der Waals surface area (Å²) in [5.41, 5.74) is 1.38. The first kappa shape index (κ1) is 13.6. The van der Waals surface area contributed by atoms with Gasteiger partial charge in [0.1, 0.15) is 5.75 Å². The van der Waals surface area contributed by atoms with Crippen molar-refractivity contribution in [1.29, 1.82) is 0 Å². The first-order chi connectivity index (χ1) is 7.85. The fraction of sp³-hybridized carbons (Fsp3) is 0.500. The second-order valence-corrected chi connectivity index (χ2v) is 5.22. The van der Waals surface area contributed by atoms with Crippen molar-refractivity contribution in [2.45, 2.75) is 34.1 Å². The summed E-state index contributed by atoms with van der Waals surface area (Å²) in [6.45, 7) is 8.80. The van der Waals surface area contributed by atoms with Crippen molar-refractivity contribution >= 4 is 5.91 Å². The van der Waals surface area contributed by atoms with Crippen LogP contribution in [0.25, 0.3) is 0 Å². The summed E-state index contributed by atoms with van der Waals surface area (Å²) in [6, 6.07) is 5.03. The normalized spacial score (nSPS) is 11.3. The van der Waals surface area contributed by atoms with E-state index in [1.165, 1.54) is 0 Å². The van der Waals surface area contributed by atoms with Crippen molar-refractivity contribution in [3.63, 3.8) is 0 Å². The first-order valence-corrected chi connectivity index (χ1v) is 5.93. The third kappa shape index (κ3) is 3.77. The number of carbonyl (C=O) groups excluding carboxylic acids is 1. The summed E-state index contributed by atoms with van der Waals surface area (Å²) in [6.07, 6.45) is 0.993. The van der Waals surface area contributed by atoms with Crippen LogP contribution in [0, 0.1) is 12.3 Å². The lowest BCUT2D eigenvalue weighted by atomic mass is 9.90. The number of carbonyl (C=O) groups is 1. The number of hydrogen-bond donors (Lipinski definition) is 2. The maximum absolute atomic E-state index is 11.9. The zero-order valence-corrected chi connectivity index (χ0v) is 11.0. The Morgan fingerprint density at radius 2 is 2.06 bits per heavy atom. The molecule has 0 radical (unpaired) electrons. The molecule has 1 amide bonds. The molecule has 3 nitrogen and oxygen atoms in total. The van der Waals surface area contributed by atoms with E-state index in [1.807, 2.05) is 6.92 Å². The number of aryl methyl sites for hydroxylation is 1. The van der Waals surface area contributed by atoms with Gasteiger partial charge in [-0.1, -0.05) is 32.4 Å². The molecule has 0 spiro atoms. The number of phenols is 1. The van der Waals surface area contributed by atoms with Gasteiger partial charge in [0.15, 0.2) is 0 Å². The molecular formula is C14H21NO2. The van der Waals surface area contributed by atoms with Gasteiger partial charge in [0, 0.05) is 6.54 Å². The van der Waals surface area contributed by atoms with Crippen molar-refractivity contribution in [3.8, 4) is 5.75 Å². The average Bonchev–Trinajstić information content (AvgIpc) is 2.29. The second kappa shape index (κ2) is 5.21. The molecule has 94 valence electrons. The molecule has 2 N–H and O–H groups in total. The molecule has 0 saturated heterocycles. The number of rotatable bonds is 4. The Kier molecular flexibility index (Phi) is 4.16. The fourth-order valence-electron chi connectivity index (χ4n) is 1.37. The number of benzene rings is 1. The summed E-state index contributed by atoms with van der Waals surface area (Å²) in [5, 5.41) is 12.5. The Bertz CT molecular complexity index is 411. The third-order valence-corrected chi connectivity index (χ3v) is 3.08. The molecule has 0 unspecified atom stereocenters. The van der Waals surface area contributed by atoms with Crippen molar-refractivity contribution in [1.82, 2.24) is 5.32 Å². The number of hydrogen-bond acceptors (Lipinski definition) is 2. The molecule has 0 aliphatic heterocycles. The number of aromatic hydroxyl groups is 1. The van der Waals surface area contributed by atoms with Gasteiger partial charge in [0.2, 0.25) is 0 Å². The molecule has 0 atom stereocenters. The highest BCUT2D eigenvalue weighted by molar-refractivity contribution is 5.97. The lowest BCUT2D eigenvalue weighted by Gasteiger charge is -2.23. The smallest absolute Gasteiger partial charge is 0.255 e. The monoisotopic (exact) mass is 235 g/mol. The van der Waals surface area contributed by atoms with E-state index in [9.17, 15) is 9.90 Å². The molecule has 0 saturated carbocycles. The molecular weight excluding hydrogens is 214 g/mol. The van der Waals surface area contributed by atoms with Crippen LogP contribution in [0.1, 0.15) is 43.1 Å². The Morgan fingerprint density at radius 3 is 2.65 bits per heavy atom. The standard InChI is InChI=1S/C14H21NO2/c1-5-14(3,4)9-15-13(17)11-8-10(2)6-7-12(11)16/h6-8,16H,5,9H2,1-4H3,(H,15,17). The van der Waals surface area contributed by atoms with Gasteiger partial charge >= 0.3 is 0 Å². The Labute approximate surface area is 103 Å².